The van der Waals surface area contributed by atoms with E-state index in [0.717, 1.165) is 0 Å². The maximum Gasteiger partial charge on any atom is 0.0595 e. The number of hydrogen-bond acceptors (Lipinski definition) is 0. The van der Waals surface area contributed by atoms with E-state index >= 15 is 0 Å². The molecule has 5 rings (SSSR count). The molecule has 118 valence electrons. The number of nitrogens with zero attached hydrogens (tertiary/aromatic N) is 2. The molecule has 0 aliphatic rings. The van der Waals surface area contributed by atoms with Crippen molar-refractivity contribution in [2.45, 2.75) is 19.9 Å². The van der Waals surface area contributed by atoms with Gasteiger partial charge in [0, 0.05) is 45.7 Å². The van der Waals surface area contributed by atoms with Crippen molar-refractivity contribution < 1.29 is 0 Å². The molecule has 0 aliphatic heterocycles. The lowest BCUT2D eigenvalue weighted by Crippen LogP contribution is -2.00. The fraction of sp³-hybridized carbons (Fsp3) is 0.182. The average molecular weight is 312 g/mol. The first-order chi connectivity index (χ1) is 11.7. The monoisotopic (exact) mass is 312 g/mol. The Kier molecular flexibility index (Phi) is 2.64. The number of aryl methyl sites for hydroxylation is 1. The summed E-state index contributed by atoms with van der Waals surface area (Å²) in [7, 11) is 2.17. The average Bonchev–Trinajstić information content (AvgIpc) is 3.08. The molecule has 0 saturated carbocycles. The lowest BCUT2D eigenvalue weighted by molar-refractivity contribution is 0.643. The van der Waals surface area contributed by atoms with Crippen molar-refractivity contribution in [1.82, 2.24) is 9.13 Å². The van der Waals surface area contributed by atoms with Crippen LogP contribution >= 0.6 is 0 Å². The highest BCUT2D eigenvalue weighted by atomic mass is 15.0. The van der Waals surface area contributed by atoms with E-state index in [4.69, 9.17) is 0 Å². The largest absolute Gasteiger partial charge is 0.344 e. The molecule has 2 nitrogen and oxygen atoms in total. The summed E-state index contributed by atoms with van der Waals surface area (Å²) in [5.74, 6) is 0. The van der Waals surface area contributed by atoms with Crippen LogP contribution in [-0.4, -0.2) is 9.13 Å². The highest BCUT2D eigenvalue weighted by Crippen LogP contribution is 2.40. The molecule has 2 heteroatoms. The molecule has 2 aromatic heterocycles. The second kappa shape index (κ2) is 4.64. The van der Waals surface area contributed by atoms with E-state index in [9.17, 15) is 0 Å². The van der Waals surface area contributed by atoms with Crippen molar-refractivity contribution in [3.8, 4) is 0 Å². The van der Waals surface area contributed by atoms with Gasteiger partial charge in [-0.1, -0.05) is 42.5 Å². The molecule has 0 unspecified atom stereocenters. The number of aromatic nitrogens is 2. The van der Waals surface area contributed by atoms with Crippen molar-refractivity contribution in [2.24, 2.45) is 7.05 Å². The van der Waals surface area contributed by atoms with Crippen molar-refractivity contribution in [3.05, 3.63) is 60.7 Å². The van der Waals surface area contributed by atoms with Crippen LogP contribution < -0.4 is 0 Å². The van der Waals surface area contributed by atoms with Gasteiger partial charge < -0.3 is 9.13 Å². The molecule has 0 N–H and O–H groups in total. The predicted molar refractivity (Wildman–Crippen MR) is 104 cm³/mol. The predicted octanol–water partition coefficient (Wildman–Crippen LogP) is 6.02. The van der Waals surface area contributed by atoms with E-state index in [1.54, 1.807) is 0 Å². The van der Waals surface area contributed by atoms with Gasteiger partial charge in [0.25, 0.3) is 0 Å². The van der Waals surface area contributed by atoms with Crippen molar-refractivity contribution in [1.29, 1.82) is 0 Å². The third-order valence-corrected chi connectivity index (χ3v) is 5.26. The molecule has 0 saturated heterocycles. The van der Waals surface area contributed by atoms with Crippen LogP contribution in [0, 0.1) is 0 Å². The Morgan fingerprint density at radius 2 is 1.33 bits per heavy atom. The molecular formula is C22H20N2. The Bertz CT molecular complexity index is 1240. The topological polar surface area (TPSA) is 9.86 Å². The summed E-state index contributed by atoms with van der Waals surface area (Å²) in [6.45, 7) is 4.55. The molecule has 0 spiro atoms. The van der Waals surface area contributed by atoms with Crippen LogP contribution in [-0.2, 0) is 7.05 Å². The van der Waals surface area contributed by atoms with Gasteiger partial charge in [0.2, 0.25) is 0 Å². The fourth-order valence-electron chi connectivity index (χ4n) is 4.27. The molecule has 0 atom stereocenters. The van der Waals surface area contributed by atoms with E-state index < -0.39 is 0 Å². The van der Waals surface area contributed by atoms with Crippen molar-refractivity contribution >= 4 is 43.6 Å². The van der Waals surface area contributed by atoms with Crippen LogP contribution in [0.1, 0.15) is 19.9 Å². The fourth-order valence-corrected chi connectivity index (χ4v) is 4.27. The molecule has 0 amide bonds. The van der Waals surface area contributed by atoms with Gasteiger partial charge in [-0.25, -0.2) is 0 Å². The minimum Gasteiger partial charge on any atom is -0.344 e. The van der Waals surface area contributed by atoms with Gasteiger partial charge in [0.05, 0.1) is 11.0 Å². The molecule has 3 aromatic carbocycles. The zero-order valence-corrected chi connectivity index (χ0v) is 14.2. The third-order valence-electron chi connectivity index (χ3n) is 5.26. The normalized spacial score (nSPS) is 12.3. The van der Waals surface area contributed by atoms with Crippen LogP contribution in [0.25, 0.3) is 43.6 Å². The van der Waals surface area contributed by atoms with Gasteiger partial charge in [0.1, 0.15) is 0 Å². The van der Waals surface area contributed by atoms with Gasteiger partial charge in [-0.3, -0.25) is 0 Å². The quantitative estimate of drug-likeness (QED) is 0.358. The number of para-hydroxylation sites is 2. The summed E-state index contributed by atoms with van der Waals surface area (Å²) in [6, 6.07) is 22.5. The molecule has 2 heterocycles. The summed E-state index contributed by atoms with van der Waals surface area (Å²) < 4.78 is 4.81. The zero-order chi connectivity index (χ0) is 16.4. The van der Waals surface area contributed by atoms with E-state index in [-0.39, 0.29) is 0 Å². The molecule has 0 aliphatic carbocycles. The molecule has 5 aromatic rings. The third kappa shape index (κ3) is 1.56. The van der Waals surface area contributed by atoms with Crippen LogP contribution in [0.15, 0.2) is 60.7 Å². The SMILES string of the molecule is CC(C)n1c2ccccc2c2ccc3c(c4ccccc4n3C)c21. The Morgan fingerprint density at radius 3 is 2.08 bits per heavy atom. The molecule has 0 fully saturated rings. The van der Waals surface area contributed by atoms with E-state index in [1.165, 1.54) is 43.6 Å². The molecule has 24 heavy (non-hydrogen) atoms. The van der Waals surface area contributed by atoms with Crippen LogP contribution in [0.4, 0.5) is 0 Å². The zero-order valence-electron chi connectivity index (χ0n) is 14.2. The lowest BCUT2D eigenvalue weighted by Gasteiger charge is -2.12. The number of benzene rings is 3. The summed E-state index contributed by atoms with van der Waals surface area (Å²) in [6.07, 6.45) is 0. The highest BCUT2D eigenvalue weighted by Gasteiger charge is 2.18. The minimum absolute atomic E-state index is 0.414. The standard InChI is InChI=1S/C22H20N2/c1-14(2)24-19-11-7-4-8-15(19)16-12-13-20-21(22(16)24)17-9-5-6-10-18(17)23(20)3/h4-14H,1-3H3. The summed E-state index contributed by atoms with van der Waals surface area (Å²) >= 11 is 0. The maximum atomic E-state index is 2.50. The second-order valence-electron chi connectivity index (χ2n) is 6.91. The number of fused-ring (bicyclic) bond motifs is 7. The van der Waals surface area contributed by atoms with Gasteiger partial charge in [-0.15, -0.1) is 0 Å². The Hall–Kier alpha value is -2.74. The van der Waals surface area contributed by atoms with Crippen molar-refractivity contribution in [3.63, 3.8) is 0 Å². The maximum absolute atomic E-state index is 2.50. The van der Waals surface area contributed by atoms with Crippen molar-refractivity contribution in [2.75, 3.05) is 0 Å². The summed E-state index contributed by atoms with van der Waals surface area (Å²) in [5.41, 5.74) is 5.28. The number of hydrogen-bond donors (Lipinski definition) is 0. The lowest BCUT2D eigenvalue weighted by atomic mass is 10.1. The van der Waals surface area contributed by atoms with E-state index in [0.29, 0.717) is 6.04 Å². The van der Waals surface area contributed by atoms with Gasteiger partial charge in [-0.05, 0) is 32.0 Å². The molecular weight excluding hydrogens is 292 g/mol. The van der Waals surface area contributed by atoms with Crippen LogP contribution in [0.3, 0.4) is 0 Å². The summed E-state index contributed by atoms with van der Waals surface area (Å²) in [4.78, 5) is 0. The van der Waals surface area contributed by atoms with E-state index in [1.807, 2.05) is 0 Å². The van der Waals surface area contributed by atoms with Gasteiger partial charge >= 0.3 is 0 Å². The smallest absolute Gasteiger partial charge is 0.0595 e. The molecule has 0 radical (unpaired) electrons. The highest BCUT2D eigenvalue weighted by molar-refractivity contribution is 6.25. The number of rotatable bonds is 1. The first kappa shape index (κ1) is 13.7. The molecule has 0 bridgehead atoms. The first-order valence-electron chi connectivity index (χ1n) is 8.57. The van der Waals surface area contributed by atoms with Gasteiger partial charge in [0.15, 0.2) is 0 Å². The Balaban J connectivity index is 2.18. The Labute approximate surface area is 140 Å². The minimum atomic E-state index is 0.414. The van der Waals surface area contributed by atoms with E-state index in [2.05, 4.69) is 90.7 Å². The van der Waals surface area contributed by atoms with Crippen LogP contribution in [0.2, 0.25) is 0 Å². The second-order valence-corrected chi connectivity index (χ2v) is 6.91. The van der Waals surface area contributed by atoms with Gasteiger partial charge in [-0.2, -0.15) is 0 Å². The Morgan fingerprint density at radius 1 is 0.667 bits per heavy atom. The summed E-state index contributed by atoms with van der Waals surface area (Å²) in [5, 5.41) is 5.40. The van der Waals surface area contributed by atoms with Crippen LogP contribution in [0.5, 0.6) is 0 Å². The first-order valence-corrected chi connectivity index (χ1v) is 8.57.